The molecule has 0 fully saturated rings. The van der Waals surface area contributed by atoms with E-state index in [9.17, 15) is 0 Å². The molecule has 1 unspecified atom stereocenters. The maximum absolute atomic E-state index is 8.75. The Morgan fingerprint density at radius 3 is 2.58 bits per heavy atom. The molecule has 2 nitrogen and oxygen atoms in total. The lowest BCUT2D eigenvalue weighted by Crippen LogP contribution is -2.04. The molecule has 2 aromatic carbocycles. The van der Waals surface area contributed by atoms with Crippen LogP contribution in [0.3, 0.4) is 0 Å². The lowest BCUT2D eigenvalue weighted by Gasteiger charge is -2.08. The summed E-state index contributed by atoms with van der Waals surface area (Å²) < 4.78 is 0. The zero-order valence-electron chi connectivity index (χ0n) is 10.8. The summed E-state index contributed by atoms with van der Waals surface area (Å²) in [5, 5.41) is 8.75. The maximum Gasteiger partial charge on any atom is 0.0991 e. The van der Waals surface area contributed by atoms with Gasteiger partial charge in [-0.1, -0.05) is 24.3 Å². The smallest absolute Gasteiger partial charge is 0.0991 e. The third-order valence-electron chi connectivity index (χ3n) is 2.87. The first-order valence-electron chi connectivity index (χ1n) is 6.16. The molecule has 0 saturated carbocycles. The molecular formula is C16H16N2S. The summed E-state index contributed by atoms with van der Waals surface area (Å²) in [5.74, 6) is 0.897. The van der Waals surface area contributed by atoms with Crippen molar-refractivity contribution in [3.63, 3.8) is 0 Å². The van der Waals surface area contributed by atoms with Gasteiger partial charge in [-0.05, 0) is 42.3 Å². The van der Waals surface area contributed by atoms with Crippen molar-refractivity contribution >= 4 is 11.8 Å². The van der Waals surface area contributed by atoms with Gasteiger partial charge < -0.3 is 5.73 Å². The van der Waals surface area contributed by atoms with Crippen LogP contribution in [0.25, 0.3) is 0 Å². The van der Waals surface area contributed by atoms with E-state index in [0.29, 0.717) is 5.56 Å². The van der Waals surface area contributed by atoms with Crippen LogP contribution in [0.2, 0.25) is 0 Å². The van der Waals surface area contributed by atoms with Crippen LogP contribution in [-0.2, 0) is 5.75 Å². The van der Waals surface area contributed by atoms with E-state index < -0.39 is 0 Å². The normalized spacial score (nSPS) is 11.8. The fraction of sp³-hybridized carbons (Fsp3) is 0.188. The number of hydrogen-bond acceptors (Lipinski definition) is 3. The Balaban J connectivity index is 2.02. The molecule has 0 bridgehead atoms. The van der Waals surface area contributed by atoms with Crippen molar-refractivity contribution < 1.29 is 0 Å². The molecule has 0 aliphatic rings. The van der Waals surface area contributed by atoms with Gasteiger partial charge in [-0.3, -0.25) is 0 Å². The molecule has 2 aromatic rings. The minimum absolute atomic E-state index is 0.0652. The van der Waals surface area contributed by atoms with Crippen LogP contribution in [0.5, 0.6) is 0 Å². The van der Waals surface area contributed by atoms with Gasteiger partial charge in [-0.15, -0.1) is 11.8 Å². The van der Waals surface area contributed by atoms with E-state index in [1.54, 1.807) is 11.8 Å². The summed E-state index contributed by atoms with van der Waals surface area (Å²) in [4.78, 5) is 1.22. The van der Waals surface area contributed by atoms with Crippen molar-refractivity contribution in [3.05, 3.63) is 65.2 Å². The largest absolute Gasteiger partial charge is 0.324 e. The van der Waals surface area contributed by atoms with Crippen molar-refractivity contribution in [2.24, 2.45) is 5.73 Å². The standard InChI is InChI=1S/C16H16N2S/c1-12(18)15-3-2-4-16(9-15)19-11-14-7-5-13(10-17)6-8-14/h2-9,12H,11,18H2,1H3. The van der Waals surface area contributed by atoms with Gasteiger partial charge in [0.2, 0.25) is 0 Å². The molecule has 2 rings (SSSR count). The fourth-order valence-electron chi connectivity index (χ4n) is 1.73. The van der Waals surface area contributed by atoms with Crippen LogP contribution >= 0.6 is 11.8 Å². The first-order chi connectivity index (χ1) is 9.19. The number of thioether (sulfide) groups is 1. The highest BCUT2D eigenvalue weighted by molar-refractivity contribution is 7.98. The highest BCUT2D eigenvalue weighted by Crippen LogP contribution is 2.25. The van der Waals surface area contributed by atoms with Gasteiger partial charge in [-0.2, -0.15) is 5.26 Å². The van der Waals surface area contributed by atoms with Crippen molar-refractivity contribution in [2.45, 2.75) is 23.6 Å². The molecule has 19 heavy (non-hydrogen) atoms. The molecule has 0 aliphatic heterocycles. The maximum atomic E-state index is 8.75. The zero-order valence-corrected chi connectivity index (χ0v) is 11.7. The first kappa shape index (κ1) is 13.7. The summed E-state index contributed by atoms with van der Waals surface area (Å²) in [6.07, 6.45) is 0. The molecule has 0 heterocycles. The van der Waals surface area contributed by atoms with Crippen molar-refractivity contribution in [1.82, 2.24) is 0 Å². The average Bonchev–Trinajstić information content (AvgIpc) is 2.46. The number of nitrogens with zero attached hydrogens (tertiary/aromatic N) is 1. The number of nitriles is 1. The van der Waals surface area contributed by atoms with E-state index in [1.165, 1.54) is 10.5 Å². The van der Waals surface area contributed by atoms with Crippen LogP contribution in [0.15, 0.2) is 53.4 Å². The van der Waals surface area contributed by atoms with Crippen LogP contribution in [0, 0.1) is 11.3 Å². The Bertz CT molecular complexity index is 582. The van der Waals surface area contributed by atoms with Crippen LogP contribution in [0.4, 0.5) is 0 Å². The predicted molar refractivity (Wildman–Crippen MR) is 79.8 cm³/mol. The monoisotopic (exact) mass is 268 g/mol. The first-order valence-corrected chi connectivity index (χ1v) is 7.15. The Morgan fingerprint density at radius 1 is 1.21 bits per heavy atom. The molecule has 0 saturated heterocycles. The van der Waals surface area contributed by atoms with Gasteiger partial charge in [-0.25, -0.2) is 0 Å². The summed E-state index contributed by atoms with van der Waals surface area (Å²) in [7, 11) is 0. The van der Waals surface area contributed by atoms with E-state index >= 15 is 0 Å². The zero-order chi connectivity index (χ0) is 13.7. The van der Waals surface area contributed by atoms with Gasteiger partial charge in [0.25, 0.3) is 0 Å². The minimum atomic E-state index is 0.0652. The van der Waals surface area contributed by atoms with Crippen LogP contribution < -0.4 is 5.73 Å². The number of hydrogen-bond donors (Lipinski definition) is 1. The van der Waals surface area contributed by atoms with Crippen molar-refractivity contribution in [2.75, 3.05) is 0 Å². The minimum Gasteiger partial charge on any atom is -0.324 e. The van der Waals surface area contributed by atoms with E-state index in [4.69, 9.17) is 11.0 Å². The number of nitrogens with two attached hydrogens (primary N) is 1. The molecule has 0 aromatic heterocycles. The summed E-state index contributed by atoms with van der Waals surface area (Å²) in [6.45, 7) is 1.99. The van der Waals surface area contributed by atoms with Gasteiger partial charge in [0.15, 0.2) is 0 Å². The fourth-order valence-corrected chi connectivity index (χ4v) is 2.65. The lowest BCUT2D eigenvalue weighted by atomic mass is 10.1. The third-order valence-corrected chi connectivity index (χ3v) is 3.94. The Kier molecular flexibility index (Phi) is 4.62. The van der Waals surface area contributed by atoms with Gasteiger partial charge >= 0.3 is 0 Å². The Labute approximate surface area is 118 Å². The molecule has 96 valence electrons. The second-order valence-electron chi connectivity index (χ2n) is 4.46. The highest BCUT2D eigenvalue weighted by atomic mass is 32.2. The van der Waals surface area contributed by atoms with Crippen LogP contribution in [0.1, 0.15) is 29.7 Å². The predicted octanol–water partition coefficient (Wildman–Crippen LogP) is 3.87. The second kappa shape index (κ2) is 6.42. The number of rotatable bonds is 4. The SMILES string of the molecule is CC(N)c1cccc(SCc2ccc(C#N)cc2)c1. The van der Waals surface area contributed by atoms with Gasteiger partial charge in [0.1, 0.15) is 0 Å². The van der Waals surface area contributed by atoms with E-state index in [1.807, 2.05) is 37.3 Å². The molecule has 0 radical (unpaired) electrons. The topological polar surface area (TPSA) is 49.8 Å². The Hall–Kier alpha value is -1.76. The van der Waals surface area contributed by atoms with Gasteiger partial charge in [0.05, 0.1) is 11.6 Å². The molecular weight excluding hydrogens is 252 g/mol. The molecule has 0 spiro atoms. The molecule has 0 amide bonds. The molecule has 1 atom stereocenters. The molecule has 3 heteroatoms. The third kappa shape index (κ3) is 3.85. The lowest BCUT2D eigenvalue weighted by molar-refractivity contribution is 0.815. The average molecular weight is 268 g/mol. The highest BCUT2D eigenvalue weighted by Gasteiger charge is 2.02. The summed E-state index contributed by atoms with van der Waals surface area (Å²) in [5.41, 5.74) is 8.96. The second-order valence-corrected chi connectivity index (χ2v) is 5.51. The Morgan fingerprint density at radius 2 is 1.95 bits per heavy atom. The van der Waals surface area contributed by atoms with Crippen molar-refractivity contribution in [1.29, 1.82) is 5.26 Å². The number of benzene rings is 2. The van der Waals surface area contributed by atoms with E-state index in [2.05, 4.69) is 24.3 Å². The van der Waals surface area contributed by atoms with E-state index in [-0.39, 0.29) is 6.04 Å². The molecule has 0 aliphatic carbocycles. The van der Waals surface area contributed by atoms with Crippen molar-refractivity contribution in [3.8, 4) is 6.07 Å². The summed E-state index contributed by atoms with van der Waals surface area (Å²) >= 11 is 1.78. The van der Waals surface area contributed by atoms with Gasteiger partial charge in [0, 0.05) is 16.7 Å². The van der Waals surface area contributed by atoms with Crippen LogP contribution in [-0.4, -0.2) is 0 Å². The quantitative estimate of drug-likeness (QED) is 0.856. The summed E-state index contributed by atoms with van der Waals surface area (Å²) in [6, 6.07) is 18.2. The van der Waals surface area contributed by atoms with E-state index in [0.717, 1.165) is 11.3 Å². The molecule has 2 N–H and O–H groups in total.